The average molecular weight is 193 g/mol. The van der Waals surface area contributed by atoms with Gasteiger partial charge in [-0.05, 0) is 26.0 Å². The number of rotatable bonds is 3. The lowest BCUT2D eigenvalue weighted by Gasteiger charge is -2.08. The molecule has 1 atom stereocenters. The third-order valence-electron chi connectivity index (χ3n) is 2.38. The molecule has 0 aromatic carbocycles. The highest BCUT2D eigenvalue weighted by Gasteiger charge is 2.15. The van der Waals surface area contributed by atoms with Gasteiger partial charge in [-0.1, -0.05) is 0 Å². The van der Waals surface area contributed by atoms with Crippen molar-refractivity contribution in [3.63, 3.8) is 0 Å². The van der Waals surface area contributed by atoms with Gasteiger partial charge in [-0.25, -0.2) is 9.97 Å². The van der Waals surface area contributed by atoms with E-state index in [0.29, 0.717) is 11.9 Å². The number of aryl methyl sites for hydroxylation is 1. The van der Waals surface area contributed by atoms with Crippen LogP contribution in [0.15, 0.2) is 12.3 Å². The summed E-state index contributed by atoms with van der Waals surface area (Å²) in [4.78, 5) is 8.23. The van der Waals surface area contributed by atoms with Crippen molar-refractivity contribution < 1.29 is 4.74 Å². The largest absolute Gasteiger partial charge is 0.463 e. The molecule has 0 aliphatic carbocycles. The molecular weight excluding hydrogens is 178 g/mol. The van der Waals surface area contributed by atoms with Gasteiger partial charge >= 0.3 is 6.01 Å². The summed E-state index contributed by atoms with van der Waals surface area (Å²) in [6.07, 6.45) is 2.91. The molecule has 1 aromatic heterocycles. The quantitative estimate of drug-likeness (QED) is 0.770. The van der Waals surface area contributed by atoms with Crippen molar-refractivity contribution in [2.45, 2.75) is 13.3 Å². The molecule has 1 aliphatic heterocycles. The fourth-order valence-electron chi connectivity index (χ4n) is 1.54. The lowest BCUT2D eigenvalue weighted by atomic mass is 10.1. The fourth-order valence-corrected chi connectivity index (χ4v) is 1.54. The van der Waals surface area contributed by atoms with Crippen LogP contribution in [-0.4, -0.2) is 29.7 Å². The van der Waals surface area contributed by atoms with Gasteiger partial charge in [0, 0.05) is 24.4 Å². The highest BCUT2D eigenvalue weighted by atomic mass is 16.5. The van der Waals surface area contributed by atoms with E-state index in [2.05, 4.69) is 15.3 Å². The van der Waals surface area contributed by atoms with Gasteiger partial charge in [0.25, 0.3) is 0 Å². The van der Waals surface area contributed by atoms with Gasteiger partial charge in [0.2, 0.25) is 0 Å². The molecule has 4 nitrogen and oxygen atoms in total. The Kier molecular flexibility index (Phi) is 2.93. The lowest BCUT2D eigenvalue weighted by Crippen LogP contribution is -2.16. The van der Waals surface area contributed by atoms with Crippen molar-refractivity contribution in [3.05, 3.63) is 18.0 Å². The number of hydrogen-bond acceptors (Lipinski definition) is 4. The monoisotopic (exact) mass is 193 g/mol. The molecule has 76 valence electrons. The predicted octanol–water partition coefficient (Wildman–Crippen LogP) is 0.773. The number of nitrogens with zero attached hydrogens (tertiary/aromatic N) is 2. The molecule has 0 unspecified atom stereocenters. The van der Waals surface area contributed by atoms with Crippen molar-refractivity contribution in [2.24, 2.45) is 5.92 Å². The third kappa shape index (κ3) is 2.42. The molecule has 1 aromatic rings. The first-order valence-corrected chi connectivity index (χ1v) is 4.98. The van der Waals surface area contributed by atoms with E-state index in [-0.39, 0.29) is 0 Å². The Labute approximate surface area is 83.7 Å². The van der Waals surface area contributed by atoms with Gasteiger partial charge in [0.1, 0.15) is 0 Å². The molecule has 1 N–H and O–H groups in total. The van der Waals surface area contributed by atoms with E-state index >= 15 is 0 Å². The summed E-state index contributed by atoms with van der Waals surface area (Å²) in [6, 6.07) is 2.36. The third-order valence-corrected chi connectivity index (χ3v) is 2.38. The maximum atomic E-state index is 5.51. The minimum atomic E-state index is 0.497. The molecule has 2 heterocycles. The van der Waals surface area contributed by atoms with Crippen LogP contribution in [-0.2, 0) is 0 Å². The summed E-state index contributed by atoms with van der Waals surface area (Å²) >= 11 is 0. The van der Waals surface area contributed by atoms with E-state index in [9.17, 15) is 0 Å². The molecule has 0 amide bonds. The second kappa shape index (κ2) is 4.37. The molecule has 14 heavy (non-hydrogen) atoms. The van der Waals surface area contributed by atoms with Crippen LogP contribution in [0.2, 0.25) is 0 Å². The Bertz CT molecular complexity index is 297. The summed E-state index contributed by atoms with van der Waals surface area (Å²) in [5.41, 5.74) is 0.944. The van der Waals surface area contributed by atoms with Crippen LogP contribution in [0.1, 0.15) is 12.1 Å². The van der Waals surface area contributed by atoms with Crippen LogP contribution in [0.5, 0.6) is 6.01 Å². The lowest BCUT2D eigenvalue weighted by molar-refractivity contribution is 0.241. The van der Waals surface area contributed by atoms with Crippen molar-refractivity contribution in [2.75, 3.05) is 19.7 Å². The minimum Gasteiger partial charge on any atom is -0.463 e. The van der Waals surface area contributed by atoms with Gasteiger partial charge in [-0.15, -0.1) is 0 Å². The summed E-state index contributed by atoms with van der Waals surface area (Å²) < 4.78 is 5.51. The predicted molar refractivity (Wildman–Crippen MR) is 53.2 cm³/mol. The van der Waals surface area contributed by atoms with Crippen LogP contribution in [0, 0.1) is 12.8 Å². The molecule has 1 saturated heterocycles. The van der Waals surface area contributed by atoms with Crippen molar-refractivity contribution in [3.8, 4) is 6.01 Å². The van der Waals surface area contributed by atoms with Gasteiger partial charge in [-0.2, -0.15) is 0 Å². The number of ether oxygens (including phenoxy) is 1. The Hall–Kier alpha value is -1.16. The first kappa shape index (κ1) is 9.40. The van der Waals surface area contributed by atoms with E-state index in [1.165, 1.54) is 6.42 Å². The van der Waals surface area contributed by atoms with Gasteiger partial charge in [0.15, 0.2) is 0 Å². The van der Waals surface area contributed by atoms with E-state index in [4.69, 9.17) is 4.74 Å². The first-order chi connectivity index (χ1) is 6.84. The average Bonchev–Trinajstić information content (AvgIpc) is 2.67. The Morgan fingerprint density at radius 3 is 3.29 bits per heavy atom. The van der Waals surface area contributed by atoms with Crippen LogP contribution in [0.25, 0.3) is 0 Å². The number of hydrogen-bond donors (Lipinski definition) is 1. The second-order valence-corrected chi connectivity index (χ2v) is 3.65. The summed E-state index contributed by atoms with van der Waals surface area (Å²) in [5.74, 6) is 0.610. The normalized spacial score (nSPS) is 21.1. The Morgan fingerprint density at radius 2 is 2.57 bits per heavy atom. The smallest absolute Gasteiger partial charge is 0.316 e. The minimum absolute atomic E-state index is 0.497. The van der Waals surface area contributed by atoms with Crippen LogP contribution in [0.4, 0.5) is 0 Å². The van der Waals surface area contributed by atoms with Gasteiger partial charge < -0.3 is 10.1 Å². The van der Waals surface area contributed by atoms with Gasteiger partial charge in [0.05, 0.1) is 6.61 Å². The summed E-state index contributed by atoms with van der Waals surface area (Å²) in [5, 5.41) is 3.30. The Balaban J connectivity index is 1.85. The maximum absolute atomic E-state index is 5.51. The molecule has 1 aliphatic rings. The molecule has 2 rings (SSSR count). The first-order valence-electron chi connectivity index (χ1n) is 4.98. The van der Waals surface area contributed by atoms with E-state index in [1.807, 2.05) is 13.0 Å². The summed E-state index contributed by atoms with van der Waals surface area (Å²) in [6.45, 7) is 4.80. The molecule has 1 fully saturated rings. The molecular formula is C10H15N3O. The highest BCUT2D eigenvalue weighted by Crippen LogP contribution is 2.09. The zero-order valence-corrected chi connectivity index (χ0v) is 8.36. The van der Waals surface area contributed by atoms with Crippen molar-refractivity contribution in [1.29, 1.82) is 0 Å². The highest BCUT2D eigenvalue weighted by molar-refractivity contribution is 5.03. The van der Waals surface area contributed by atoms with E-state index in [0.717, 1.165) is 25.4 Å². The summed E-state index contributed by atoms with van der Waals surface area (Å²) in [7, 11) is 0. The zero-order chi connectivity index (χ0) is 9.80. The standard InChI is InChI=1S/C10H15N3O/c1-8-2-5-12-10(13-8)14-7-9-3-4-11-6-9/h2,5,9,11H,3-4,6-7H2,1H3/t9-/m1/s1. The van der Waals surface area contributed by atoms with Crippen LogP contribution in [0.3, 0.4) is 0 Å². The van der Waals surface area contributed by atoms with E-state index < -0.39 is 0 Å². The topological polar surface area (TPSA) is 47.0 Å². The molecule has 0 spiro atoms. The molecule has 0 radical (unpaired) electrons. The zero-order valence-electron chi connectivity index (χ0n) is 8.36. The molecule has 4 heteroatoms. The van der Waals surface area contributed by atoms with Crippen LogP contribution >= 0.6 is 0 Å². The van der Waals surface area contributed by atoms with Crippen LogP contribution < -0.4 is 10.1 Å². The molecule has 0 saturated carbocycles. The van der Waals surface area contributed by atoms with Crippen molar-refractivity contribution in [1.82, 2.24) is 15.3 Å². The fraction of sp³-hybridized carbons (Fsp3) is 0.600. The SMILES string of the molecule is Cc1ccnc(OC[C@@H]2CCNC2)n1. The maximum Gasteiger partial charge on any atom is 0.316 e. The van der Waals surface area contributed by atoms with E-state index in [1.54, 1.807) is 6.20 Å². The van der Waals surface area contributed by atoms with Crippen molar-refractivity contribution >= 4 is 0 Å². The Morgan fingerprint density at radius 1 is 1.64 bits per heavy atom. The number of aromatic nitrogens is 2. The second-order valence-electron chi connectivity index (χ2n) is 3.65. The number of nitrogens with one attached hydrogen (secondary N) is 1. The molecule has 0 bridgehead atoms. The van der Waals surface area contributed by atoms with Gasteiger partial charge in [-0.3, -0.25) is 0 Å².